The minimum Gasteiger partial charge on any atom is -0.394 e. The molecule has 2 aliphatic rings. The fourth-order valence-corrected chi connectivity index (χ4v) is 5.02. The third-order valence-corrected chi connectivity index (χ3v) is 7.93. The van der Waals surface area contributed by atoms with Crippen LogP contribution in [-0.2, 0) is 33.3 Å². The van der Waals surface area contributed by atoms with E-state index in [0.717, 1.165) is 0 Å². The van der Waals surface area contributed by atoms with Gasteiger partial charge in [0.15, 0.2) is 18.4 Å². The smallest absolute Gasteiger partial charge is 0.220 e. The summed E-state index contributed by atoms with van der Waals surface area (Å²) in [7, 11) is 0. The summed E-state index contributed by atoms with van der Waals surface area (Å²) in [4.78, 5) is 36.5. The number of ketones is 1. The lowest BCUT2D eigenvalue weighted by atomic mass is 9.99. The standard InChI is InChI=1S/C29H52N2O15/c1-16(34)17(31-21(36)10-4-7-13-44-29-27(42)25(40)23(38)19(15-33)46-29)8-2-5-11-30-20(35)9-3-6-12-43-28-26(41)24(39)22(37)18(14-32)45-28/h17-19,22-29,32-33,37-42H,2-15H2,1H3,(H,30,35)(H,31,36). The number of aliphatic hydroxyl groups excluding tert-OH is 8. The van der Waals surface area contributed by atoms with Crippen LogP contribution >= 0.6 is 0 Å². The number of nitrogens with one attached hydrogen (secondary N) is 2. The summed E-state index contributed by atoms with van der Waals surface area (Å²) < 4.78 is 21.3. The van der Waals surface area contributed by atoms with E-state index in [9.17, 15) is 55.2 Å². The normalized spacial score (nSPS) is 32.1. The largest absolute Gasteiger partial charge is 0.394 e. The fraction of sp³-hybridized carbons (Fsp3) is 0.897. The number of carbonyl (C=O) groups excluding carboxylic acids is 3. The molecule has 268 valence electrons. The zero-order chi connectivity index (χ0) is 34.2. The number of rotatable bonds is 21. The highest BCUT2D eigenvalue weighted by Crippen LogP contribution is 2.23. The number of aliphatic hydroxyl groups is 8. The van der Waals surface area contributed by atoms with E-state index in [4.69, 9.17) is 18.9 Å². The van der Waals surface area contributed by atoms with Crippen molar-refractivity contribution in [2.75, 3.05) is 33.0 Å². The average Bonchev–Trinajstić information content (AvgIpc) is 3.03. The second-order valence-corrected chi connectivity index (χ2v) is 11.6. The maximum absolute atomic E-state index is 12.3. The topological polar surface area (TPSA) is 274 Å². The van der Waals surface area contributed by atoms with Gasteiger partial charge in [-0.2, -0.15) is 0 Å². The number of hydrogen-bond acceptors (Lipinski definition) is 15. The third kappa shape index (κ3) is 13.0. The van der Waals surface area contributed by atoms with Crippen molar-refractivity contribution in [2.45, 2.75) is 132 Å². The summed E-state index contributed by atoms with van der Waals surface area (Å²) >= 11 is 0. The van der Waals surface area contributed by atoms with Gasteiger partial charge in [0, 0.05) is 32.6 Å². The van der Waals surface area contributed by atoms with E-state index in [1.165, 1.54) is 6.92 Å². The molecular weight excluding hydrogens is 616 g/mol. The number of unbranched alkanes of at least 4 members (excludes halogenated alkanes) is 3. The molecule has 46 heavy (non-hydrogen) atoms. The first kappa shape index (κ1) is 40.3. The van der Waals surface area contributed by atoms with Crippen molar-refractivity contribution >= 4 is 17.6 Å². The van der Waals surface area contributed by atoms with Crippen molar-refractivity contribution in [3.8, 4) is 0 Å². The molecular formula is C29H52N2O15. The van der Waals surface area contributed by atoms with Crippen LogP contribution in [0.25, 0.3) is 0 Å². The second-order valence-electron chi connectivity index (χ2n) is 11.6. The third-order valence-electron chi connectivity index (χ3n) is 7.93. The molecule has 0 aromatic rings. The number of hydrogen-bond donors (Lipinski definition) is 10. The fourth-order valence-electron chi connectivity index (χ4n) is 5.02. The van der Waals surface area contributed by atoms with E-state index in [2.05, 4.69) is 10.6 Å². The van der Waals surface area contributed by atoms with Crippen LogP contribution in [-0.4, -0.2) is 159 Å². The van der Waals surface area contributed by atoms with E-state index in [1.54, 1.807) is 0 Å². The van der Waals surface area contributed by atoms with Crippen LogP contribution in [0.3, 0.4) is 0 Å². The van der Waals surface area contributed by atoms with Crippen molar-refractivity contribution in [3.63, 3.8) is 0 Å². The lowest BCUT2D eigenvalue weighted by Gasteiger charge is -2.39. The summed E-state index contributed by atoms with van der Waals surface area (Å²) in [5.41, 5.74) is 0. The zero-order valence-electron chi connectivity index (χ0n) is 26.2. The minimum absolute atomic E-state index is 0.0910. The van der Waals surface area contributed by atoms with Gasteiger partial charge in [0.05, 0.1) is 19.3 Å². The number of ether oxygens (including phenoxy) is 4. The van der Waals surface area contributed by atoms with E-state index in [-0.39, 0.29) is 43.7 Å². The van der Waals surface area contributed by atoms with Crippen LogP contribution in [0.2, 0.25) is 0 Å². The van der Waals surface area contributed by atoms with Gasteiger partial charge in [0.25, 0.3) is 0 Å². The van der Waals surface area contributed by atoms with Crippen molar-refractivity contribution in [3.05, 3.63) is 0 Å². The molecule has 10 N–H and O–H groups in total. The van der Waals surface area contributed by atoms with Gasteiger partial charge < -0.3 is 70.4 Å². The Morgan fingerprint density at radius 2 is 1.13 bits per heavy atom. The summed E-state index contributed by atoms with van der Waals surface area (Å²) in [5.74, 6) is -0.661. The maximum atomic E-state index is 12.3. The van der Waals surface area contributed by atoms with Crippen LogP contribution in [0.4, 0.5) is 0 Å². The summed E-state index contributed by atoms with van der Waals surface area (Å²) in [5, 5.41) is 83.1. The Labute approximate surface area is 267 Å². The molecule has 0 saturated carbocycles. The molecule has 2 fully saturated rings. The zero-order valence-corrected chi connectivity index (χ0v) is 26.2. The van der Waals surface area contributed by atoms with Crippen LogP contribution < -0.4 is 10.6 Å². The maximum Gasteiger partial charge on any atom is 0.220 e. The quantitative estimate of drug-likeness (QED) is 0.0528. The first-order valence-electron chi connectivity index (χ1n) is 15.8. The van der Waals surface area contributed by atoms with E-state index >= 15 is 0 Å². The minimum atomic E-state index is -1.53. The molecule has 0 aromatic heterocycles. The molecule has 0 aliphatic carbocycles. The molecule has 2 heterocycles. The molecule has 0 aromatic carbocycles. The van der Waals surface area contributed by atoms with Crippen LogP contribution in [0, 0.1) is 0 Å². The monoisotopic (exact) mass is 668 g/mol. The molecule has 0 radical (unpaired) electrons. The molecule has 2 rings (SSSR count). The van der Waals surface area contributed by atoms with E-state index in [0.29, 0.717) is 51.5 Å². The molecule has 17 nitrogen and oxygen atoms in total. The van der Waals surface area contributed by atoms with Gasteiger partial charge in [-0.3, -0.25) is 14.4 Å². The Balaban J connectivity index is 1.52. The van der Waals surface area contributed by atoms with Gasteiger partial charge in [-0.15, -0.1) is 0 Å². The van der Waals surface area contributed by atoms with Crippen molar-refractivity contribution in [1.82, 2.24) is 10.6 Å². The van der Waals surface area contributed by atoms with Crippen LogP contribution in [0.5, 0.6) is 0 Å². The van der Waals surface area contributed by atoms with Crippen molar-refractivity contribution in [1.29, 1.82) is 0 Å². The molecule has 11 atom stereocenters. The molecule has 11 unspecified atom stereocenters. The molecule has 2 saturated heterocycles. The average molecular weight is 669 g/mol. The van der Waals surface area contributed by atoms with E-state index in [1.807, 2.05) is 0 Å². The van der Waals surface area contributed by atoms with Gasteiger partial charge in [-0.25, -0.2) is 0 Å². The Hall–Kier alpha value is -1.87. The van der Waals surface area contributed by atoms with Crippen LogP contribution in [0.15, 0.2) is 0 Å². The van der Waals surface area contributed by atoms with Crippen molar-refractivity contribution in [2.24, 2.45) is 0 Å². The lowest BCUT2D eigenvalue weighted by Crippen LogP contribution is -2.59. The Morgan fingerprint density at radius 3 is 1.59 bits per heavy atom. The Bertz CT molecular complexity index is 910. The van der Waals surface area contributed by atoms with Crippen molar-refractivity contribution < 1.29 is 74.2 Å². The second kappa shape index (κ2) is 21.2. The predicted octanol–water partition coefficient (Wildman–Crippen LogP) is -3.68. The van der Waals surface area contributed by atoms with Gasteiger partial charge in [0.2, 0.25) is 11.8 Å². The highest BCUT2D eigenvalue weighted by Gasteiger charge is 2.45. The Kier molecular flexibility index (Phi) is 18.6. The highest BCUT2D eigenvalue weighted by atomic mass is 16.7. The number of amides is 2. The molecule has 0 bridgehead atoms. The first-order valence-corrected chi connectivity index (χ1v) is 15.8. The Morgan fingerprint density at radius 1 is 0.652 bits per heavy atom. The summed E-state index contributed by atoms with van der Waals surface area (Å²) in [6.07, 6.45) is -9.77. The predicted molar refractivity (Wildman–Crippen MR) is 157 cm³/mol. The SMILES string of the molecule is CC(=O)C(CCCCNC(=O)CCCCOC1OC(CO)C(O)C(O)C1O)NC(=O)CCCCOC1OC(CO)C(O)C(O)C1O. The molecule has 0 spiro atoms. The van der Waals surface area contributed by atoms with Gasteiger partial charge in [0.1, 0.15) is 48.8 Å². The van der Waals surface area contributed by atoms with Gasteiger partial charge in [-0.1, -0.05) is 0 Å². The van der Waals surface area contributed by atoms with Gasteiger partial charge >= 0.3 is 0 Å². The highest BCUT2D eigenvalue weighted by molar-refractivity contribution is 5.87. The summed E-state index contributed by atoms with van der Waals surface area (Å²) in [6.45, 7) is 0.898. The number of Topliss-reactive ketones (excluding diaryl/α,β-unsaturated/α-hetero) is 1. The molecule has 2 amide bonds. The molecule has 17 heteroatoms. The summed E-state index contributed by atoms with van der Waals surface area (Å²) in [6, 6.07) is -0.655. The van der Waals surface area contributed by atoms with Crippen LogP contribution in [0.1, 0.15) is 64.7 Å². The number of carbonyl (C=O) groups is 3. The van der Waals surface area contributed by atoms with Gasteiger partial charge in [-0.05, 0) is 51.9 Å². The lowest BCUT2D eigenvalue weighted by molar-refractivity contribution is -0.301. The van der Waals surface area contributed by atoms with E-state index < -0.39 is 80.7 Å². The molecule has 2 aliphatic heterocycles. The first-order chi connectivity index (χ1) is 21.9.